The largest absolute Gasteiger partial charge is 0.374 e. The topological polar surface area (TPSA) is 110 Å². The van der Waals surface area contributed by atoms with Crippen molar-refractivity contribution in [2.75, 3.05) is 11.9 Å². The van der Waals surface area contributed by atoms with Crippen molar-refractivity contribution in [3.63, 3.8) is 0 Å². The second-order valence-electron chi connectivity index (χ2n) is 3.90. The Morgan fingerprint density at radius 3 is 2.39 bits per heavy atom. The lowest BCUT2D eigenvalue weighted by Crippen LogP contribution is -2.37. The summed E-state index contributed by atoms with van der Waals surface area (Å²) < 4.78 is 0. The third-order valence-electron chi connectivity index (χ3n) is 2.43. The van der Waals surface area contributed by atoms with Gasteiger partial charge in [0.2, 0.25) is 5.91 Å². The molecular formula is C12H18N4O2. The Morgan fingerprint density at radius 2 is 1.83 bits per heavy atom. The number of hydrogen-bond acceptors (Lipinski definition) is 3. The first-order valence-corrected chi connectivity index (χ1v) is 5.74. The first-order chi connectivity index (χ1) is 8.59. The van der Waals surface area contributed by atoms with Crippen molar-refractivity contribution in [1.82, 2.24) is 5.32 Å². The second kappa shape index (κ2) is 7.16. The van der Waals surface area contributed by atoms with E-state index in [1.54, 1.807) is 0 Å². The summed E-state index contributed by atoms with van der Waals surface area (Å²) in [7, 11) is 0. The summed E-state index contributed by atoms with van der Waals surface area (Å²) in [6.07, 6.45) is 1.15. The van der Waals surface area contributed by atoms with E-state index < -0.39 is 18.0 Å². The van der Waals surface area contributed by atoms with Crippen molar-refractivity contribution in [3.05, 3.63) is 30.3 Å². The molecule has 0 spiro atoms. The number of urea groups is 1. The number of nitrogens with two attached hydrogens (primary N) is 2. The first kappa shape index (κ1) is 13.8. The predicted molar refractivity (Wildman–Crippen MR) is 69.9 cm³/mol. The molecule has 0 aliphatic carbocycles. The fraction of sp³-hybridized carbons (Fsp3) is 0.333. The van der Waals surface area contributed by atoms with Crippen molar-refractivity contribution in [1.29, 1.82) is 0 Å². The van der Waals surface area contributed by atoms with Crippen LogP contribution in [-0.2, 0) is 4.79 Å². The lowest BCUT2D eigenvalue weighted by Gasteiger charge is -2.16. The highest BCUT2D eigenvalue weighted by Crippen LogP contribution is 2.09. The summed E-state index contributed by atoms with van der Waals surface area (Å²) in [6.45, 7) is 0.426. The molecule has 0 radical (unpaired) electrons. The smallest absolute Gasteiger partial charge is 0.312 e. The maximum absolute atomic E-state index is 11.3. The molecule has 0 unspecified atom stereocenters. The Kier molecular flexibility index (Phi) is 5.50. The predicted octanol–water partition coefficient (Wildman–Crippen LogP) is 0.401. The normalized spacial score (nSPS) is 11.6. The molecule has 6 N–H and O–H groups in total. The standard InChI is InChI=1S/C12H18N4O2/c13-11(17)10(7-4-8-15-12(14)18)16-9-5-2-1-3-6-9/h1-3,5-6,10,16H,4,7-8H2,(H2,13,17)(H3,14,15,18)/t10-/m0/s1. The molecule has 3 amide bonds. The van der Waals surface area contributed by atoms with Crippen LogP contribution >= 0.6 is 0 Å². The highest BCUT2D eigenvalue weighted by molar-refractivity contribution is 5.82. The highest BCUT2D eigenvalue weighted by atomic mass is 16.2. The van der Waals surface area contributed by atoms with E-state index in [9.17, 15) is 9.59 Å². The van der Waals surface area contributed by atoms with E-state index in [2.05, 4.69) is 10.6 Å². The van der Waals surface area contributed by atoms with E-state index in [1.165, 1.54) is 0 Å². The molecule has 0 fully saturated rings. The molecule has 0 saturated carbocycles. The minimum atomic E-state index is -0.568. The third kappa shape index (κ3) is 5.20. The average molecular weight is 250 g/mol. The molecule has 6 nitrogen and oxygen atoms in total. The lowest BCUT2D eigenvalue weighted by molar-refractivity contribution is -0.118. The summed E-state index contributed by atoms with van der Waals surface area (Å²) in [5.74, 6) is -0.419. The molecule has 18 heavy (non-hydrogen) atoms. The Bertz CT molecular complexity index is 394. The molecule has 1 atom stereocenters. The molecule has 1 rings (SSSR count). The number of para-hydroxylation sites is 1. The summed E-state index contributed by atoms with van der Waals surface area (Å²) in [5.41, 5.74) is 11.1. The zero-order valence-electron chi connectivity index (χ0n) is 10.1. The van der Waals surface area contributed by atoms with Crippen LogP contribution in [0, 0.1) is 0 Å². The molecule has 0 saturated heterocycles. The van der Waals surface area contributed by atoms with Gasteiger partial charge in [0, 0.05) is 12.2 Å². The van der Waals surface area contributed by atoms with Crippen LogP contribution in [0.4, 0.5) is 10.5 Å². The summed E-state index contributed by atoms with van der Waals surface area (Å²) in [4.78, 5) is 21.8. The van der Waals surface area contributed by atoms with Crippen molar-refractivity contribution >= 4 is 17.6 Å². The van der Waals surface area contributed by atoms with Crippen LogP contribution in [0.25, 0.3) is 0 Å². The lowest BCUT2D eigenvalue weighted by atomic mass is 10.1. The van der Waals surface area contributed by atoms with Crippen molar-refractivity contribution in [3.8, 4) is 0 Å². The second-order valence-corrected chi connectivity index (χ2v) is 3.90. The van der Waals surface area contributed by atoms with E-state index in [0.29, 0.717) is 19.4 Å². The molecule has 0 aliphatic rings. The molecule has 6 heteroatoms. The van der Waals surface area contributed by atoms with Crippen LogP contribution in [0.3, 0.4) is 0 Å². The number of benzene rings is 1. The number of amides is 3. The van der Waals surface area contributed by atoms with Gasteiger partial charge in [-0.25, -0.2) is 4.79 Å². The summed E-state index contributed by atoms with van der Waals surface area (Å²) in [6, 6.07) is 8.32. The van der Waals surface area contributed by atoms with E-state index >= 15 is 0 Å². The minimum Gasteiger partial charge on any atom is -0.374 e. The van der Waals surface area contributed by atoms with E-state index in [-0.39, 0.29) is 0 Å². The SMILES string of the molecule is NC(=O)NCCC[C@H](Nc1ccccc1)C(N)=O. The van der Waals surface area contributed by atoms with E-state index in [1.807, 2.05) is 30.3 Å². The van der Waals surface area contributed by atoms with Crippen LogP contribution in [0.15, 0.2) is 30.3 Å². The summed E-state index contributed by atoms with van der Waals surface area (Å²) in [5, 5.41) is 5.51. The van der Waals surface area contributed by atoms with Gasteiger partial charge in [-0.05, 0) is 25.0 Å². The maximum Gasteiger partial charge on any atom is 0.312 e. The van der Waals surface area contributed by atoms with Crippen molar-refractivity contribution < 1.29 is 9.59 Å². The van der Waals surface area contributed by atoms with Gasteiger partial charge in [-0.3, -0.25) is 4.79 Å². The molecule has 0 aliphatic heterocycles. The van der Waals surface area contributed by atoms with Crippen molar-refractivity contribution in [2.45, 2.75) is 18.9 Å². The van der Waals surface area contributed by atoms with Crippen LogP contribution < -0.4 is 22.1 Å². The first-order valence-electron chi connectivity index (χ1n) is 5.74. The zero-order valence-corrected chi connectivity index (χ0v) is 10.1. The number of primary amides is 2. The van der Waals surface area contributed by atoms with Gasteiger partial charge in [-0.1, -0.05) is 18.2 Å². The third-order valence-corrected chi connectivity index (χ3v) is 2.43. The van der Waals surface area contributed by atoms with Crippen LogP contribution in [0.5, 0.6) is 0 Å². The van der Waals surface area contributed by atoms with Gasteiger partial charge in [-0.15, -0.1) is 0 Å². The number of rotatable bonds is 7. The van der Waals surface area contributed by atoms with Gasteiger partial charge >= 0.3 is 6.03 Å². The van der Waals surface area contributed by atoms with Crippen LogP contribution in [-0.4, -0.2) is 24.5 Å². The minimum absolute atomic E-state index is 0.419. The molecule has 0 heterocycles. The van der Waals surface area contributed by atoms with Gasteiger partial charge in [-0.2, -0.15) is 0 Å². The number of carbonyl (C=O) groups excluding carboxylic acids is 2. The molecule has 0 bridgehead atoms. The molecule has 1 aromatic rings. The average Bonchev–Trinajstić information content (AvgIpc) is 2.33. The molecule has 98 valence electrons. The van der Waals surface area contributed by atoms with Crippen LogP contribution in [0.1, 0.15) is 12.8 Å². The number of hydrogen-bond donors (Lipinski definition) is 4. The number of carbonyl (C=O) groups is 2. The number of nitrogens with one attached hydrogen (secondary N) is 2. The van der Waals surface area contributed by atoms with Gasteiger partial charge in [0.15, 0.2) is 0 Å². The Hall–Kier alpha value is -2.24. The zero-order chi connectivity index (χ0) is 13.4. The van der Waals surface area contributed by atoms with Gasteiger partial charge in [0.05, 0.1) is 0 Å². The molecular weight excluding hydrogens is 232 g/mol. The highest BCUT2D eigenvalue weighted by Gasteiger charge is 2.14. The van der Waals surface area contributed by atoms with Gasteiger partial charge < -0.3 is 22.1 Å². The van der Waals surface area contributed by atoms with Crippen molar-refractivity contribution in [2.24, 2.45) is 11.5 Å². The quantitative estimate of drug-likeness (QED) is 0.526. The van der Waals surface area contributed by atoms with E-state index in [4.69, 9.17) is 11.5 Å². The fourth-order valence-electron chi connectivity index (χ4n) is 1.54. The maximum atomic E-state index is 11.3. The number of anilines is 1. The van der Waals surface area contributed by atoms with E-state index in [0.717, 1.165) is 5.69 Å². The van der Waals surface area contributed by atoms with Crippen LogP contribution in [0.2, 0.25) is 0 Å². The Labute approximate surface area is 106 Å². The molecule has 0 aromatic heterocycles. The molecule has 1 aromatic carbocycles. The Morgan fingerprint density at radius 1 is 1.17 bits per heavy atom. The fourth-order valence-corrected chi connectivity index (χ4v) is 1.54. The Balaban J connectivity index is 2.41. The monoisotopic (exact) mass is 250 g/mol. The van der Waals surface area contributed by atoms with Gasteiger partial charge in [0.1, 0.15) is 6.04 Å². The summed E-state index contributed by atoms with van der Waals surface area (Å²) >= 11 is 0. The van der Waals surface area contributed by atoms with Gasteiger partial charge in [0.25, 0.3) is 0 Å².